The largest absolute Gasteiger partial charge is 0.457 e. The molecule has 2 aliphatic rings. The van der Waals surface area contributed by atoms with E-state index >= 15 is 0 Å². The van der Waals surface area contributed by atoms with Gasteiger partial charge in [-0.15, -0.1) is 11.8 Å². The van der Waals surface area contributed by atoms with Gasteiger partial charge in [-0.1, -0.05) is 6.07 Å². The minimum atomic E-state index is -3.32. The molecule has 8 heteroatoms. The predicted molar refractivity (Wildman–Crippen MR) is 121 cm³/mol. The normalized spacial score (nSPS) is 14.9. The number of hydrogen-bond donors (Lipinski definition) is 0. The van der Waals surface area contributed by atoms with Gasteiger partial charge in [0.05, 0.1) is 17.2 Å². The van der Waals surface area contributed by atoms with Gasteiger partial charge in [-0.3, -0.25) is 13.9 Å². The number of esters is 1. The van der Waals surface area contributed by atoms with Crippen molar-refractivity contribution >= 4 is 39.2 Å². The van der Waals surface area contributed by atoms with E-state index in [0.717, 1.165) is 23.3 Å². The molecule has 2 aromatic carbocycles. The summed E-state index contributed by atoms with van der Waals surface area (Å²) in [6.45, 7) is 1.68. The summed E-state index contributed by atoms with van der Waals surface area (Å²) in [5.41, 5.74) is 4.62. The van der Waals surface area contributed by atoms with Crippen molar-refractivity contribution < 1.29 is 22.7 Å². The summed E-state index contributed by atoms with van der Waals surface area (Å²) in [4.78, 5) is 25.6. The van der Waals surface area contributed by atoms with Crippen LogP contribution < -0.4 is 4.31 Å². The highest BCUT2D eigenvalue weighted by atomic mass is 32.2. The molecule has 6 nitrogen and oxygen atoms in total. The Morgan fingerprint density at radius 1 is 1.03 bits per heavy atom. The zero-order chi connectivity index (χ0) is 22.0. The van der Waals surface area contributed by atoms with Crippen LogP contribution in [-0.2, 0) is 38.8 Å². The van der Waals surface area contributed by atoms with Gasteiger partial charge in [-0.2, -0.15) is 0 Å². The second-order valence-corrected chi connectivity index (χ2v) is 11.0. The molecule has 0 amide bonds. The number of anilines is 1. The summed E-state index contributed by atoms with van der Waals surface area (Å²) in [6, 6.07) is 11.3. The molecule has 0 unspecified atom stereocenters. The van der Waals surface area contributed by atoms with Gasteiger partial charge < -0.3 is 4.74 Å². The van der Waals surface area contributed by atoms with E-state index in [2.05, 4.69) is 12.1 Å². The molecule has 164 valence electrons. The zero-order valence-electron chi connectivity index (χ0n) is 17.4. The number of carbonyl (C=O) groups is 2. The van der Waals surface area contributed by atoms with E-state index in [-0.39, 0.29) is 23.9 Å². The molecule has 0 saturated heterocycles. The first kappa shape index (κ1) is 21.9. The molecule has 0 N–H and O–H groups in total. The third kappa shape index (κ3) is 4.80. The van der Waals surface area contributed by atoms with Crippen molar-refractivity contribution in [3.8, 4) is 0 Å². The van der Waals surface area contributed by atoms with Crippen LogP contribution in [0.5, 0.6) is 0 Å². The molecule has 31 heavy (non-hydrogen) atoms. The lowest BCUT2D eigenvalue weighted by Crippen LogP contribution is -2.30. The third-order valence-corrected chi connectivity index (χ3v) is 8.49. The summed E-state index contributed by atoms with van der Waals surface area (Å²) >= 11 is 1.41. The van der Waals surface area contributed by atoms with Crippen molar-refractivity contribution in [3.63, 3.8) is 0 Å². The van der Waals surface area contributed by atoms with E-state index < -0.39 is 16.0 Å². The maximum absolute atomic E-state index is 12.5. The van der Waals surface area contributed by atoms with Gasteiger partial charge in [-0.05, 0) is 79.6 Å². The summed E-state index contributed by atoms with van der Waals surface area (Å²) in [6.07, 6.45) is 3.96. The maximum Gasteiger partial charge on any atom is 0.316 e. The molecular weight excluding hydrogens is 434 g/mol. The van der Waals surface area contributed by atoms with Crippen LogP contribution in [0.1, 0.15) is 40.4 Å². The summed E-state index contributed by atoms with van der Waals surface area (Å²) in [7, 11) is -3.32. The number of sulfonamides is 1. The van der Waals surface area contributed by atoms with Crippen molar-refractivity contribution in [2.24, 2.45) is 0 Å². The molecule has 0 saturated carbocycles. The number of Topliss-reactive ketones (excluding diaryl/α,β-unsaturated/α-hetero) is 1. The Kier molecular flexibility index (Phi) is 6.39. The first-order chi connectivity index (χ1) is 14.9. The molecule has 0 radical (unpaired) electrons. The standard InChI is InChI=1S/C23H25NO5S2/c1-2-31(27,28)24-11-10-18-12-19(7-9-21(18)24)22(25)14-29-23(26)15-30-20-8-6-16-4-3-5-17(16)13-20/h6-9,12-13H,2-5,10-11,14-15H2,1H3. The minimum absolute atomic E-state index is 0.0343. The average molecular weight is 460 g/mol. The fraction of sp³-hybridized carbons (Fsp3) is 0.391. The van der Waals surface area contributed by atoms with Crippen molar-refractivity contribution in [1.29, 1.82) is 0 Å². The zero-order valence-corrected chi connectivity index (χ0v) is 19.1. The molecular formula is C23H25NO5S2. The number of carbonyl (C=O) groups excluding carboxylic acids is 2. The number of benzene rings is 2. The van der Waals surface area contributed by atoms with Gasteiger partial charge in [-0.25, -0.2) is 8.42 Å². The minimum Gasteiger partial charge on any atom is -0.457 e. The number of thioether (sulfide) groups is 1. The molecule has 0 bridgehead atoms. The van der Waals surface area contributed by atoms with Crippen LogP contribution in [0, 0.1) is 0 Å². The molecule has 0 fully saturated rings. The lowest BCUT2D eigenvalue weighted by Gasteiger charge is -2.18. The van der Waals surface area contributed by atoms with Gasteiger partial charge in [0.25, 0.3) is 0 Å². The van der Waals surface area contributed by atoms with Gasteiger partial charge in [0.1, 0.15) is 0 Å². The SMILES string of the molecule is CCS(=O)(=O)N1CCc2cc(C(=O)COC(=O)CSc3ccc4c(c3)CCC4)ccc21. The Hall–Kier alpha value is -2.32. The number of fused-ring (bicyclic) bond motifs is 2. The molecule has 0 aromatic heterocycles. The van der Waals surface area contributed by atoms with Crippen LogP contribution in [0.3, 0.4) is 0 Å². The van der Waals surface area contributed by atoms with Gasteiger partial charge in [0.2, 0.25) is 10.0 Å². The van der Waals surface area contributed by atoms with E-state index in [1.165, 1.54) is 33.6 Å². The van der Waals surface area contributed by atoms with Crippen molar-refractivity contribution in [3.05, 3.63) is 58.7 Å². The van der Waals surface area contributed by atoms with Gasteiger partial charge in [0, 0.05) is 17.0 Å². The second kappa shape index (κ2) is 9.04. The number of nitrogens with zero attached hydrogens (tertiary/aromatic N) is 1. The highest BCUT2D eigenvalue weighted by molar-refractivity contribution is 8.00. The number of ketones is 1. The number of aryl methyl sites for hydroxylation is 2. The highest BCUT2D eigenvalue weighted by Crippen LogP contribution is 2.31. The molecule has 1 aliphatic heterocycles. The highest BCUT2D eigenvalue weighted by Gasteiger charge is 2.28. The van der Waals surface area contributed by atoms with Crippen molar-refractivity contribution in [2.45, 2.75) is 37.5 Å². The fourth-order valence-electron chi connectivity index (χ4n) is 4.04. The smallest absolute Gasteiger partial charge is 0.316 e. The molecule has 0 spiro atoms. The first-order valence-corrected chi connectivity index (χ1v) is 13.0. The van der Waals surface area contributed by atoms with E-state index in [0.29, 0.717) is 24.2 Å². The first-order valence-electron chi connectivity index (χ1n) is 10.4. The number of hydrogen-bond acceptors (Lipinski definition) is 6. The molecule has 1 heterocycles. The summed E-state index contributed by atoms with van der Waals surface area (Å²) in [5, 5.41) is 0. The van der Waals surface area contributed by atoms with E-state index in [1.807, 2.05) is 6.07 Å². The van der Waals surface area contributed by atoms with Gasteiger partial charge in [0.15, 0.2) is 12.4 Å². The quantitative estimate of drug-likeness (QED) is 0.342. The van der Waals surface area contributed by atoms with Crippen LogP contribution in [0.2, 0.25) is 0 Å². The maximum atomic E-state index is 12.5. The van der Waals surface area contributed by atoms with E-state index in [9.17, 15) is 18.0 Å². The fourth-order valence-corrected chi connectivity index (χ4v) is 5.96. The lowest BCUT2D eigenvalue weighted by atomic mass is 10.1. The second-order valence-electron chi connectivity index (χ2n) is 7.72. The predicted octanol–water partition coefficient (Wildman–Crippen LogP) is 3.41. The van der Waals surface area contributed by atoms with Crippen LogP contribution in [0.25, 0.3) is 0 Å². The van der Waals surface area contributed by atoms with Crippen LogP contribution in [0.15, 0.2) is 41.3 Å². The van der Waals surface area contributed by atoms with Crippen LogP contribution >= 0.6 is 11.8 Å². The Balaban J connectivity index is 1.30. The van der Waals surface area contributed by atoms with Crippen molar-refractivity contribution in [1.82, 2.24) is 0 Å². The summed E-state index contributed by atoms with van der Waals surface area (Å²) < 4.78 is 30.9. The lowest BCUT2D eigenvalue weighted by molar-refractivity contribution is -0.139. The Morgan fingerprint density at radius 3 is 2.65 bits per heavy atom. The molecule has 4 rings (SSSR count). The number of ether oxygens (including phenoxy) is 1. The van der Waals surface area contributed by atoms with Crippen LogP contribution in [-0.4, -0.2) is 44.8 Å². The monoisotopic (exact) mass is 459 g/mol. The Bertz CT molecular complexity index is 1130. The summed E-state index contributed by atoms with van der Waals surface area (Å²) in [5.74, 6) is -0.539. The van der Waals surface area contributed by atoms with Crippen molar-refractivity contribution in [2.75, 3.05) is 29.0 Å². The molecule has 2 aromatic rings. The Morgan fingerprint density at radius 2 is 1.84 bits per heavy atom. The van der Waals surface area contributed by atoms with E-state index in [4.69, 9.17) is 4.74 Å². The Labute approximate surface area is 187 Å². The van der Waals surface area contributed by atoms with E-state index in [1.54, 1.807) is 25.1 Å². The topological polar surface area (TPSA) is 80.8 Å². The average Bonchev–Trinajstić information content (AvgIpc) is 3.42. The number of rotatable bonds is 8. The molecule has 0 atom stereocenters. The molecule has 1 aliphatic carbocycles. The van der Waals surface area contributed by atoms with Crippen LogP contribution in [0.4, 0.5) is 5.69 Å². The van der Waals surface area contributed by atoms with Gasteiger partial charge >= 0.3 is 5.97 Å². The third-order valence-electron chi connectivity index (χ3n) is 5.75.